The summed E-state index contributed by atoms with van der Waals surface area (Å²) in [6.07, 6.45) is 9.08. The van der Waals surface area contributed by atoms with Gasteiger partial charge in [0.25, 0.3) is 0 Å². The van der Waals surface area contributed by atoms with Gasteiger partial charge in [0.15, 0.2) is 5.78 Å². The van der Waals surface area contributed by atoms with E-state index in [4.69, 9.17) is 17.3 Å². The third-order valence-corrected chi connectivity index (χ3v) is 4.81. The number of carbonyl (C=O) groups excluding carboxylic acids is 2. The number of benzene rings is 3. The van der Waals surface area contributed by atoms with Crippen LogP contribution in [0.3, 0.4) is 0 Å². The van der Waals surface area contributed by atoms with Crippen LogP contribution in [0.15, 0.2) is 95.2 Å². The van der Waals surface area contributed by atoms with Crippen LogP contribution in [0.5, 0.6) is 0 Å². The van der Waals surface area contributed by atoms with Crippen LogP contribution in [-0.2, 0) is 9.59 Å². The van der Waals surface area contributed by atoms with E-state index in [1.807, 2.05) is 48.5 Å². The first-order chi connectivity index (χ1) is 15.1. The molecule has 0 spiro atoms. The Bertz CT molecular complexity index is 1170. The van der Waals surface area contributed by atoms with Crippen molar-refractivity contribution < 1.29 is 9.59 Å². The molecule has 0 bridgehead atoms. The molecule has 3 N–H and O–H groups in total. The Balaban J connectivity index is 1.65. The summed E-state index contributed by atoms with van der Waals surface area (Å²) in [7, 11) is 0. The van der Waals surface area contributed by atoms with E-state index in [-0.39, 0.29) is 29.6 Å². The van der Waals surface area contributed by atoms with Crippen molar-refractivity contribution in [3.8, 4) is 0 Å². The molecule has 1 amide bonds. The van der Waals surface area contributed by atoms with Gasteiger partial charge in [-0.3, -0.25) is 9.59 Å². The molecule has 0 heterocycles. The van der Waals surface area contributed by atoms with E-state index in [2.05, 4.69) is 16.6 Å². The molecule has 0 aliphatic rings. The van der Waals surface area contributed by atoms with E-state index < -0.39 is 0 Å². The van der Waals surface area contributed by atoms with Crippen molar-refractivity contribution in [2.45, 2.75) is 12.8 Å². The van der Waals surface area contributed by atoms with Gasteiger partial charge in [-0.15, -0.1) is 0 Å². The van der Waals surface area contributed by atoms with Crippen molar-refractivity contribution in [2.75, 3.05) is 0 Å². The summed E-state index contributed by atoms with van der Waals surface area (Å²) < 4.78 is 0. The van der Waals surface area contributed by atoms with Gasteiger partial charge in [0.2, 0.25) is 5.91 Å². The standard InChI is InChI=1S/C25H22ClN3O2/c26-20(9-5-6-14-27)16-21(30)12-13-25(31)29-28-17-24-22-10-3-1-7-18(22)15-19-8-2-4-11-23(19)24/h1-11,14-17H,12-13,27H2,(H,29,31)/b9-5-,14-6+,20-16+,28-17+. The molecule has 0 aromatic heterocycles. The summed E-state index contributed by atoms with van der Waals surface area (Å²) in [6.45, 7) is 0. The first kappa shape index (κ1) is 22.0. The van der Waals surface area contributed by atoms with Crippen molar-refractivity contribution in [2.24, 2.45) is 10.8 Å². The largest absolute Gasteiger partial charge is 0.405 e. The Morgan fingerprint density at radius 3 is 2.26 bits per heavy atom. The Morgan fingerprint density at radius 2 is 1.61 bits per heavy atom. The van der Waals surface area contributed by atoms with Gasteiger partial charge in [0.05, 0.1) is 6.21 Å². The molecule has 3 aromatic rings. The summed E-state index contributed by atoms with van der Waals surface area (Å²) in [4.78, 5) is 24.0. The molecule has 156 valence electrons. The lowest BCUT2D eigenvalue weighted by molar-refractivity contribution is -0.123. The summed E-state index contributed by atoms with van der Waals surface area (Å²) >= 11 is 5.93. The van der Waals surface area contributed by atoms with Gasteiger partial charge >= 0.3 is 0 Å². The zero-order chi connectivity index (χ0) is 22.1. The van der Waals surface area contributed by atoms with Crippen LogP contribution in [-0.4, -0.2) is 17.9 Å². The number of hydrogen-bond acceptors (Lipinski definition) is 4. The second kappa shape index (κ2) is 10.9. The third kappa shape index (κ3) is 6.14. The molecule has 0 radical (unpaired) electrons. The Kier molecular flexibility index (Phi) is 7.73. The number of allylic oxidation sites excluding steroid dienone is 5. The molecule has 0 unspecified atom stereocenters. The fourth-order valence-corrected chi connectivity index (χ4v) is 3.33. The molecule has 0 saturated carbocycles. The van der Waals surface area contributed by atoms with E-state index >= 15 is 0 Å². The second-order valence-electron chi connectivity index (χ2n) is 6.77. The lowest BCUT2D eigenvalue weighted by atomic mass is 9.97. The topological polar surface area (TPSA) is 84.5 Å². The van der Waals surface area contributed by atoms with Gasteiger partial charge in [-0.05, 0) is 52.0 Å². The first-order valence-electron chi connectivity index (χ1n) is 9.76. The molecule has 0 atom stereocenters. The molecule has 0 fully saturated rings. The van der Waals surface area contributed by atoms with Crippen LogP contribution in [0.1, 0.15) is 18.4 Å². The number of hydrogen-bond donors (Lipinski definition) is 2. The normalized spacial score (nSPS) is 12.5. The van der Waals surface area contributed by atoms with Crippen LogP contribution in [0.25, 0.3) is 21.5 Å². The molecule has 5 nitrogen and oxygen atoms in total. The summed E-state index contributed by atoms with van der Waals surface area (Å²) in [5, 5.41) is 8.68. The van der Waals surface area contributed by atoms with Gasteiger partial charge < -0.3 is 5.73 Å². The van der Waals surface area contributed by atoms with Gasteiger partial charge in [0.1, 0.15) is 0 Å². The maximum Gasteiger partial charge on any atom is 0.240 e. The summed E-state index contributed by atoms with van der Waals surface area (Å²) in [6, 6.07) is 18.2. The third-order valence-electron chi connectivity index (χ3n) is 4.57. The van der Waals surface area contributed by atoms with E-state index in [9.17, 15) is 9.59 Å². The molecular formula is C25H22ClN3O2. The SMILES string of the molecule is N/C=C/C=C\C(Cl)=C/C(=O)CCC(=O)N/N=C/c1c2ccccc2cc2ccccc12. The minimum absolute atomic E-state index is 0.0134. The number of hydrazone groups is 1. The predicted octanol–water partition coefficient (Wildman–Crippen LogP) is 4.94. The minimum atomic E-state index is -0.347. The van der Waals surface area contributed by atoms with Crippen molar-refractivity contribution in [3.05, 3.63) is 95.7 Å². The molecule has 31 heavy (non-hydrogen) atoms. The highest BCUT2D eigenvalue weighted by atomic mass is 35.5. The van der Waals surface area contributed by atoms with Crippen LogP contribution in [0, 0.1) is 0 Å². The van der Waals surface area contributed by atoms with Gasteiger partial charge in [-0.1, -0.05) is 66.2 Å². The number of halogens is 1. The average Bonchev–Trinajstić information content (AvgIpc) is 2.77. The zero-order valence-electron chi connectivity index (χ0n) is 16.8. The monoisotopic (exact) mass is 431 g/mol. The quantitative estimate of drug-likeness (QED) is 0.174. The lowest BCUT2D eigenvalue weighted by Crippen LogP contribution is -2.18. The molecule has 3 rings (SSSR count). The Labute approximate surface area is 185 Å². The Hall–Kier alpha value is -3.70. The van der Waals surface area contributed by atoms with Gasteiger partial charge in [-0.25, -0.2) is 5.43 Å². The van der Waals surface area contributed by atoms with Crippen molar-refractivity contribution in [1.82, 2.24) is 5.43 Å². The number of amides is 1. The fourth-order valence-electron chi connectivity index (χ4n) is 3.14. The fraction of sp³-hybridized carbons (Fsp3) is 0.0800. The predicted molar refractivity (Wildman–Crippen MR) is 128 cm³/mol. The first-order valence-corrected chi connectivity index (χ1v) is 10.1. The van der Waals surface area contributed by atoms with Crippen molar-refractivity contribution >= 4 is 51.1 Å². The highest BCUT2D eigenvalue weighted by Crippen LogP contribution is 2.27. The van der Waals surface area contributed by atoms with Crippen molar-refractivity contribution in [1.29, 1.82) is 0 Å². The van der Waals surface area contributed by atoms with Crippen LogP contribution in [0.4, 0.5) is 0 Å². The number of nitrogens with zero attached hydrogens (tertiary/aromatic N) is 1. The van der Waals surface area contributed by atoms with Crippen molar-refractivity contribution in [3.63, 3.8) is 0 Å². The number of ketones is 1. The van der Waals surface area contributed by atoms with Gasteiger partial charge in [-0.2, -0.15) is 5.10 Å². The van der Waals surface area contributed by atoms with E-state index in [0.29, 0.717) is 0 Å². The average molecular weight is 432 g/mol. The molecule has 0 aliphatic carbocycles. The van der Waals surface area contributed by atoms with Crippen LogP contribution in [0.2, 0.25) is 0 Å². The maximum atomic E-state index is 12.1. The number of carbonyl (C=O) groups is 2. The van der Waals surface area contributed by atoms with E-state index in [1.165, 1.54) is 12.3 Å². The number of nitrogens with one attached hydrogen (secondary N) is 1. The summed E-state index contributed by atoms with van der Waals surface area (Å²) in [5.41, 5.74) is 8.64. The highest BCUT2D eigenvalue weighted by Gasteiger charge is 2.07. The highest BCUT2D eigenvalue weighted by molar-refractivity contribution is 6.32. The van der Waals surface area contributed by atoms with Crippen LogP contribution >= 0.6 is 11.6 Å². The second-order valence-corrected chi connectivity index (χ2v) is 7.20. The van der Waals surface area contributed by atoms with E-state index in [1.54, 1.807) is 24.4 Å². The molecular weight excluding hydrogens is 410 g/mol. The smallest absolute Gasteiger partial charge is 0.240 e. The zero-order valence-corrected chi connectivity index (χ0v) is 17.5. The number of rotatable bonds is 8. The Morgan fingerprint density at radius 1 is 0.968 bits per heavy atom. The molecule has 0 aliphatic heterocycles. The molecule has 0 saturated heterocycles. The molecule has 6 heteroatoms. The molecule has 3 aromatic carbocycles. The maximum absolute atomic E-state index is 12.1. The summed E-state index contributed by atoms with van der Waals surface area (Å²) in [5.74, 6) is -0.592. The van der Waals surface area contributed by atoms with Gasteiger partial charge in [0, 0.05) is 23.4 Å². The van der Waals surface area contributed by atoms with Crippen LogP contribution < -0.4 is 11.2 Å². The lowest BCUT2D eigenvalue weighted by Gasteiger charge is -2.07. The minimum Gasteiger partial charge on any atom is -0.405 e. The van der Waals surface area contributed by atoms with E-state index in [0.717, 1.165) is 27.1 Å². The number of fused-ring (bicyclic) bond motifs is 2. The number of nitrogens with two attached hydrogens (primary N) is 1.